The van der Waals surface area contributed by atoms with Crippen LogP contribution in [0, 0.1) is 0 Å². The van der Waals surface area contributed by atoms with Gasteiger partial charge >= 0.3 is 0 Å². The number of hydrogen-bond donors (Lipinski definition) is 2. The fourth-order valence-electron chi connectivity index (χ4n) is 2.52. The predicted octanol–water partition coefficient (Wildman–Crippen LogP) is 3.47. The van der Waals surface area contributed by atoms with Crippen LogP contribution in [0.2, 0.25) is 0 Å². The van der Waals surface area contributed by atoms with Gasteiger partial charge < -0.3 is 15.5 Å². The zero-order valence-corrected chi connectivity index (χ0v) is 16.6. The van der Waals surface area contributed by atoms with Gasteiger partial charge in [0.25, 0.3) is 0 Å². The minimum Gasteiger partial charge on any atom is -0.363 e. The first-order chi connectivity index (χ1) is 10.3. The van der Waals surface area contributed by atoms with Gasteiger partial charge in [-0.3, -0.25) is 4.99 Å². The molecule has 1 aliphatic heterocycles. The first-order valence-electron chi connectivity index (χ1n) is 7.70. The topological polar surface area (TPSA) is 39.7 Å². The molecule has 124 valence electrons. The molecule has 0 aliphatic carbocycles. The molecule has 2 heterocycles. The van der Waals surface area contributed by atoms with Crippen LogP contribution < -0.4 is 15.5 Å². The highest BCUT2D eigenvalue weighted by Gasteiger charge is 2.20. The number of nitrogens with one attached hydrogen (secondary N) is 2. The molecule has 0 saturated carbocycles. The summed E-state index contributed by atoms with van der Waals surface area (Å²) in [7, 11) is 1.84. The van der Waals surface area contributed by atoms with Crippen molar-refractivity contribution in [2.24, 2.45) is 4.99 Å². The van der Waals surface area contributed by atoms with Crippen molar-refractivity contribution in [3.8, 4) is 0 Å². The van der Waals surface area contributed by atoms with Crippen LogP contribution in [0.15, 0.2) is 34.7 Å². The lowest BCUT2D eigenvalue weighted by atomic mass is 10.1. The molecular weight excluding hydrogens is 407 g/mol. The molecule has 0 spiro atoms. The second-order valence-electron chi connectivity index (χ2n) is 5.21. The first-order valence-corrected chi connectivity index (χ1v) is 8.58. The van der Waals surface area contributed by atoms with Gasteiger partial charge in [0, 0.05) is 32.7 Å². The average Bonchev–Trinajstić information content (AvgIpc) is 3.05. The summed E-state index contributed by atoms with van der Waals surface area (Å²) < 4.78 is 0. The quantitative estimate of drug-likeness (QED) is 0.245. The Morgan fingerprint density at radius 2 is 2.23 bits per heavy atom. The van der Waals surface area contributed by atoms with Gasteiger partial charge in [-0.1, -0.05) is 12.2 Å². The lowest BCUT2D eigenvalue weighted by Crippen LogP contribution is -2.48. The van der Waals surface area contributed by atoms with E-state index in [-0.39, 0.29) is 24.0 Å². The molecule has 0 bridgehead atoms. The number of allylic oxidation sites excluding steroid dienone is 1. The maximum atomic E-state index is 4.31. The maximum absolute atomic E-state index is 4.31. The summed E-state index contributed by atoms with van der Waals surface area (Å²) in [6.07, 6.45) is 7.60. The minimum absolute atomic E-state index is 0. The van der Waals surface area contributed by atoms with Crippen LogP contribution in [-0.4, -0.2) is 38.7 Å². The Hall–Kier alpha value is -0.760. The largest absolute Gasteiger partial charge is 0.363 e. The summed E-state index contributed by atoms with van der Waals surface area (Å²) in [4.78, 5) is 6.78. The molecule has 1 fully saturated rings. The summed E-state index contributed by atoms with van der Waals surface area (Å²) in [5.74, 6) is 0.925. The van der Waals surface area contributed by atoms with E-state index in [2.05, 4.69) is 57.1 Å². The zero-order valence-electron chi connectivity index (χ0n) is 13.4. The Morgan fingerprint density at radius 3 is 2.82 bits per heavy atom. The second kappa shape index (κ2) is 10.9. The molecule has 1 aliphatic rings. The van der Waals surface area contributed by atoms with Crippen molar-refractivity contribution in [1.29, 1.82) is 0 Å². The van der Waals surface area contributed by atoms with E-state index in [9.17, 15) is 0 Å². The highest BCUT2D eigenvalue weighted by Crippen LogP contribution is 2.24. The van der Waals surface area contributed by atoms with Crippen LogP contribution >= 0.6 is 35.3 Å². The number of anilines is 1. The summed E-state index contributed by atoms with van der Waals surface area (Å²) in [6, 6.07) is 4.86. The lowest BCUT2D eigenvalue weighted by molar-refractivity contribution is 0.463. The normalized spacial score (nSPS) is 16.6. The lowest BCUT2D eigenvalue weighted by Gasteiger charge is -2.33. The zero-order chi connectivity index (χ0) is 14.9. The number of piperidine rings is 1. The van der Waals surface area contributed by atoms with Gasteiger partial charge in [-0.05, 0) is 43.7 Å². The monoisotopic (exact) mass is 434 g/mol. The summed E-state index contributed by atoms with van der Waals surface area (Å²) >= 11 is 1.83. The Balaban J connectivity index is 0.00000242. The number of thiophene rings is 1. The standard InChI is InChI=1S/C16H26N4S.HI/c1-3-4-5-10-18-16(17-2)19-14-8-11-20(12-9-14)15-7-6-13-21-15;/h3-4,6-7,13-14H,5,8-12H2,1-2H3,(H2,17,18,19);1H/b4-3+;. The van der Waals surface area contributed by atoms with Crippen molar-refractivity contribution >= 4 is 46.3 Å². The molecule has 0 amide bonds. The molecule has 1 aromatic heterocycles. The van der Waals surface area contributed by atoms with E-state index < -0.39 is 0 Å². The van der Waals surface area contributed by atoms with Gasteiger partial charge in [-0.25, -0.2) is 0 Å². The van der Waals surface area contributed by atoms with Crippen molar-refractivity contribution < 1.29 is 0 Å². The van der Waals surface area contributed by atoms with Gasteiger partial charge in [0.05, 0.1) is 5.00 Å². The summed E-state index contributed by atoms with van der Waals surface area (Å²) in [5.41, 5.74) is 0. The number of rotatable bonds is 5. The van der Waals surface area contributed by atoms with Gasteiger partial charge in [0.2, 0.25) is 0 Å². The number of aliphatic imine (C=N–C) groups is 1. The van der Waals surface area contributed by atoms with Crippen LogP contribution in [0.1, 0.15) is 26.2 Å². The minimum atomic E-state index is 0. The van der Waals surface area contributed by atoms with E-state index in [0.29, 0.717) is 6.04 Å². The third kappa shape index (κ3) is 6.16. The van der Waals surface area contributed by atoms with Crippen molar-refractivity contribution in [3.63, 3.8) is 0 Å². The first kappa shape index (κ1) is 19.3. The maximum Gasteiger partial charge on any atom is 0.191 e. The van der Waals surface area contributed by atoms with Crippen molar-refractivity contribution in [3.05, 3.63) is 29.7 Å². The van der Waals surface area contributed by atoms with E-state index in [1.165, 1.54) is 5.00 Å². The molecule has 2 N–H and O–H groups in total. The molecule has 0 unspecified atom stereocenters. The molecule has 0 aromatic carbocycles. The fraction of sp³-hybridized carbons (Fsp3) is 0.562. The summed E-state index contributed by atoms with van der Waals surface area (Å²) in [5, 5.41) is 10.4. The number of halogens is 1. The Morgan fingerprint density at radius 1 is 1.45 bits per heavy atom. The van der Waals surface area contributed by atoms with Crippen LogP contribution in [-0.2, 0) is 0 Å². The molecule has 4 nitrogen and oxygen atoms in total. The van der Waals surface area contributed by atoms with Gasteiger partial charge in [0.15, 0.2) is 5.96 Å². The second-order valence-corrected chi connectivity index (χ2v) is 6.14. The molecule has 1 aromatic rings. The Bertz CT molecular complexity index is 451. The number of nitrogens with zero attached hydrogens (tertiary/aromatic N) is 2. The van der Waals surface area contributed by atoms with E-state index in [4.69, 9.17) is 0 Å². The average molecular weight is 434 g/mol. The molecule has 0 atom stereocenters. The van der Waals surface area contributed by atoms with E-state index >= 15 is 0 Å². The van der Waals surface area contributed by atoms with Crippen LogP contribution in [0.5, 0.6) is 0 Å². The molecule has 1 saturated heterocycles. The fourth-order valence-corrected chi connectivity index (χ4v) is 3.31. The molecular formula is C16H27IN4S. The van der Waals surface area contributed by atoms with Gasteiger partial charge in [-0.15, -0.1) is 35.3 Å². The summed E-state index contributed by atoms with van der Waals surface area (Å²) in [6.45, 7) is 5.22. The highest BCUT2D eigenvalue weighted by atomic mass is 127. The van der Waals surface area contributed by atoms with Crippen molar-refractivity contribution in [2.75, 3.05) is 31.6 Å². The van der Waals surface area contributed by atoms with E-state index in [0.717, 1.165) is 44.9 Å². The SMILES string of the molecule is C/C=C/CCNC(=NC)NC1CCN(c2cccs2)CC1.I. The van der Waals surface area contributed by atoms with Crippen LogP contribution in [0.25, 0.3) is 0 Å². The smallest absolute Gasteiger partial charge is 0.191 e. The van der Waals surface area contributed by atoms with Crippen molar-refractivity contribution in [2.45, 2.75) is 32.2 Å². The van der Waals surface area contributed by atoms with E-state index in [1.54, 1.807) is 0 Å². The number of guanidine groups is 1. The third-order valence-electron chi connectivity index (χ3n) is 3.72. The molecule has 2 rings (SSSR count). The van der Waals surface area contributed by atoms with Crippen LogP contribution in [0.3, 0.4) is 0 Å². The predicted molar refractivity (Wildman–Crippen MR) is 109 cm³/mol. The number of hydrogen-bond acceptors (Lipinski definition) is 3. The van der Waals surface area contributed by atoms with E-state index in [1.807, 2.05) is 18.4 Å². The van der Waals surface area contributed by atoms with Gasteiger partial charge in [-0.2, -0.15) is 0 Å². The van der Waals surface area contributed by atoms with Crippen molar-refractivity contribution in [1.82, 2.24) is 10.6 Å². The van der Waals surface area contributed by atoms with Crippen LogP contribution in [0.4, 0.5) is 5.00 Å². The Kier molecular flexibility index (Phi) is 9.54. The van der Waals surface area contributed by atoms with Gasteiger partial charge in [0.1, 0.15) is 0 Å². The third-order valence-corrected chi connectivity index (χ3v) is 4.65. The highest BCUT2D eigenvalue weighted by molar-refractivity contribution is 14.0. The Labute approximate surface area is 155 Å². The molecule has 22 heavy (non-hydrogen) atoms. The molecule has 0 radical (unpaired) electrons. The molecule has 6 heteroatoms.